The molecule has 2 aromatic rings. The quantitative estimate of drug-likeness (QED) is 0.791. The Kier molecular flexibility index (Phi) is 4.54. The lowest BCUT2D eigenvalue weighted by Gasteiger charge is -2.18. The highest BCUT2D eigenvalue weighted by Crippen LogP contribution is 2.31. The molecular formula is C16H17BrFNS. The molecule has 1 heterocycles. The molecule has 1 nitrogen and oxygen atoms in total. The van der Waals surface area contributed by atoms with Gasteiger partial charge in [0.15, 0.2) is 0 Å². The molecule has 3 rings (SSSR count). The van der Waals surface area contributed by atoms with E-state index in [1.165, 1.54) is 17.7 Å². The molecule has 1 saturated carbocycles. The van der Waals surface area contributed by atoms with Crippen molar-refractivity contribution in [3.63, 3.8) is 0 Å². The molecule has 1 atom stereocenters. The number of benzene rings is 1. The molecule has 0 bridgehead atoms. The van der Waals surface area contributed by atoms with Crippen LogP contribution in [0.15, 0.2) is 40.2 Å². The first-order valence-corrected chi connectivity index (χ1v) is 8.61. The van der Waals surface area contributed by atoms with Crippen molar-refractivity contribution >= 4 is 27.3 Å². The second-order valence-electron chi connectivity index (χ2n) is 5.30. The largest absolute Gasteiger partial charge is 0.313 e. The highest BCUT2D eigenvalue weighted by Gasteiger charge is 2.24. The average molecular weight is 354 g/mol. The lowest BCUT2D eigenvalue weighted by molar-refractivity contribution is 0.537. The highest BCUT2D eigenvalue weighted by atomic mass is 79.9. The molecule has 0 spiro atoms. The fourth-order valence-corrected chi connectivity index (χ4v) is 3.98. The Bertz CT molecular complexity index is 579. The molecule has 4 heteroatoms. The first-order valence-electron chi connectivity index (χ1n) is 6.93. The second kappa shape index (κ2) is 6.37. The number of halogens is 2. The van der Waals surface area contributed by atoms with Gasteiger partial charge in [-0.15, -0.1) is 11.3 Å². The van der Waals surface area contributed by atoms with Gasteiger partial charge in [0.25, 0.3) is 0 Å². The lowest BCUT2D eigenvalue weighted by atomic mass is 9.94. The molecule has 1 unspecified atom stereocenters. The van der Waals surface area contributed by atoms with Gasteiger partial charge in [-0.1, -0.05) is 18.2 Å². The van der Waals surface area contributed by atoms with E-state index in [4.69, 9.17) is 0 Å². The van der Waals surface area contributed by atoms with E-state index >= 15 is 0 Å². The molecule has 0 aliphatic heterocycles. The zero-order valence-corrected chi connectivity index (χ0v) is 13.5. The molecule has 106 valence electrons. The third-order valence-electron chi connectivity index (χ3n) is 3.70. The SMILES string of the molecule is Fc1ccccc1C(CNC1CC1)Cc1sccc1Br. The number of hydrogen-bond donors (Lipinski definition) is 1. The van der Waals surface area contributed by atoms with E-state index < -0.39 is 0 Å². The van der Waals surface area contributed by atoms with Crippen LogP contribution < -0.4 is 5.32 Å². The fraction of sp³-hybridized carbons (Fsp3) is 0.375. The first-order chi connectivity index (χ1) is 9.74. The summed E-state index contributed by atoms with van der Waals surface area (Å²) in [5, 5.41) is 5.61. The minimum Gasteiger partial charge on any atom is -0.313 e. The van der Waals surface area contributed by atoms with Crippen LogP contribution in [0.5, 0.6) is 0 Å². The van der Waals surface area contributed by atoms with E-state index in [-0.39, 0.29) is 11.7 Å². The predicted octanol–water partition coefficient (Wildman–Crippen LogP) is 4.73. The number of hydrogen-bond acceptors (Lipinski definition) is 2. The Morgan fingerprint density at radius 3 is 2.75 bits per heavy atom. The Morgan fingerprint density at radius 2 is 2.10 bits per heavy atom. The minimum atomic E-state index is -0.0947. The summed E-state index contributed by atoms with van der Waals surface area (Å²) in [7, 11) is 0. The summed E-state index contributed by atoms with van der Waals surface area (Å²) in [4.78, 5) is 1.29. The van der Waals surface area contributed by atoms with Crippen molar-refractivity contribution in [1.29, 1.82) is 0 Å². The van der Waals surface area contributed by atoms with Crippen LogP contribution in [0.1, 0.15) is 29.2 Å². The summed E-state index contributed by atoms with van der Waals surface area (Å²) in [5.74, 6) is 0.0922. The van der Waals surface area contributed by atoms with Crippen molar-refractivity contribution in [1.82, 2.24) is 5.32 Å². The van der Waals surface area contributed by atoms with Crippen molar-refractivity contribution in [2.75, 3.05) is 6.54 Å². The van der Waals surface area contributed by atoms with Gasteiger partial charge >= 0.3 is 0 Å². The van der Waals surface area contributed by atoms with Gasteiger partial charge in [-0.25, -0.2) is 4.39 Å². The third kappa shape index (κ3) is 3.48. The van der Waals surface area contributed by atoms with E-state index in [0.717, 1.165) is 23.0 Å². The summed E-state index contributed by atoms with van der Waals surface area (Å²) in [5.41, 5.74) is 0.820. The molecule has 0 radical (unpaired) electrons. The summed E-state index contributed by atoms with van der Waals surface area (Å²) in [6.45, 7) is 0.843. The maximum Gasteiger partial charge on any atom is 0.126 e. The van der Waals surface area contributed by atoms with Gasteiger partial charge in [0, 0.05) is 27.9 Å². The summed E-state index contributed by atoms with van der Waals surface area (Å²) in [6.07, 6.45) is 3.39. The zero-order valence-electron chi connectivity index (χ0n) is 11.1. The van der Waals surface area contributed by atoms with Gasteiger partial charge in [0.1, 0.15) is 5.82 Å². The molecule has 1 aliphatic carbocycles. The Hall–Kier alpha value is -0.710. The van der Waals surface area contributed by atoms with E-state index in [9.17, 15) is 4.39 Å². The maximum absolute atomic E-state index is 14.1. The smallest absolute Gasteiger partial charge is 0.126 e. The van der Waals surface area contributed by atoms with Crippen LogP contribution >= 0.6 is 27.3 Å². The molecule has 0 amide bonds. The van der Waals surface area contributed by atoms with Gasteiger partial charge in [-0.3, -0.25) is 0 Å². The van der Waals surface area contributed by atoms with E-state index in [2.05, 4.69) is 32.7 Å². The van der Waals surface area contributed by atoms with Crippen molar-refractivity contribution in [2.24, 2.45) is 0 Å². The molecule has 1 fully saturated rings. The van der Waals surface area contributed by atoms with Crippen molar-refractivity contribution in [3.8, 4) is 0 Å². The Labute approximate surface area is 131 Å². The van der Waals surface area contributed by atoms with E-state index in [0.29, 0.717) is 6.04 Å². The standard InChI is InChI=1S/C16H17BrFNS/c17-14-7-8-20-16(14)9-11(10-19-12-5-6-12)13-3-1-2-4-15(13)18/h1-4,7-8,11-12,19H,5-6,9-10H2. The molecular weight excluding hydrogens is 337 g/mol. The van der Waals surface area contributed by atoms with Crippen LogP contribution in [0.2, 0.25) is 0 Å². The molecule has 20 heavy (non-hydrogen) atoms. The second-order valence-corrected chi connectivity index (χ2v) is 7.15. The predicted molar refractivity (Wildman–Crippen MR) is 85.9 cm³/mol. The summed E-state index contributed by atoms with van der Waals surface area (Å²) >= 11 is 5.31. The van der Waals surface area contributed by atoms with Gasteiger partial charge in [0.2, 0.25) is 0 Å². The van der Waals surface area contributed by atoms with Crippen molar-refractivity contribution in [2.45, 2.75) is 31.2 Å². The number of nitrogens with one attached hydrogen (secondary N) is 1. The topological polar surface area (TPSA) is 12.0 Å². The molecule has 1 N–H and O–H groups in total. The third-order valence-corrected chi connectivity index (χ3v) is 5.65. The van der Waals surface area contributed by atoms with Crippen LogP contribution in [0, 0.1) is 5.82 Å². The summed E-state index contributed by atoms with van der Waals surface area (Å²) < 4.78 is 15.2. The van der Waals surface area contributed by atoms with Crippen LogP contribution in [-0.2, 0) is 6.42 Å². The molecule has 1 aliphatic rings. The Morgan fingerprint density at radius 1 is 1.30 bits per heavy atom. The van der Waals surface area contributed by atoms with E-state index in [1.54, 1.807) is 23.5 Å². The maximum atomic E-state index is 14.1. The highest BCUT2D eigenvalue weighted by molar-refractivity contribution is 9.10. The fourth-order valence-electron chi connectivity index (χ4n) is 2.39. The molecule has 1 aromatic heterocycles. The van der Waals surface area contributed by atoms with Crippen molar-refractivity contribution < 1.29 is 4.39 Å². The zero-order chi connectivity index (χ0) is 13.9. The van der Waals surface area contributed by atoms with Gasteiger partial charge in [0.05, 0.1) is 0 Å². The van der Waals surface area contributed by atoms with Crippen LogP contribution in [0.4, 0.5) is 4.39 Å². The number of rotatable bonds is 6. The van der Waals surface area contributed by atoms with Gasteiger partial charge in [-0.2, -0.15) is 0 Å². The van der Waals surface area contributed by atoms with Crippen LogP contribution in [0.3, 0.4) is 0 Å². The molecule has 1 aromatic carbocycles. The lowest BCUT2D eigenvalue weighted by Crippen LogP contribution is -2.25. The number of thiophene rings is 1. The van der Waals surface area contributed by atoms with Crippen LogP contribution in [-0.4, -0.2) is 12.6 Å². The first kappa shape index (κ1) is 14.2. The van der Waals surface area contributed by atoms with Crippen molar-refractivity contribution in [3.05, 3.63) is 56.4 Å². The monoisotopic (exact) mass is 353 g/mol. The van der Waals surface area contributed by atoms with Crippen LogP contribution in [0.25, 0.3) is 0 Å². The van der Waals surface area contributed by atoms with E-state index in [1.807, 2.05) is 12.1 Å². The van der Waals surface area contributed by atoms with Gasteiger partial charge < -0.3 is 5.32 Å². The normalized spacial score (nSPS) is 16.3. The average Bonchev–Trinajstić information content (AvgIpc) is 3.19. The minimum absolute atomic E-state index is 0.0947. The summed E-state index contributed by atoms with van der Waals surface area (Å²) in [6, 6.07) is 9.86. The van der Waals surface area contributed by atoms with Gasteiger partial charge in [-0.05, 0) is 58.3 Å². The molecule has 0 saturated heterocycles. The Balaban J connectivity index is 1.79.